The molecule has 0 spiro atoms. The van der Waals surface area contributed by atoms with Crippen LogP contribution >= 0.6 is 23.1 Å². The topological polar surface area (TPSA) is 59.8 Å². The standard InChI is InChI=1S/C24H26N4OS2/c1-5-18-16(4)30-13-20(18)23-26-27-24(28(23)15(2)3)31-14-22(29)25-21-12-8-10-17-9-6-7-11-19(17)21/h6-13,15H,5,14H2,1-4H3,(H,25,29). The van der Waals surface area contributed by atoms with Gasteiger partial charge in [0, 0.05) is 32.9 Å². The van der Waals surface area contributed by atoms with Crippen LogP contribution in [0.25, 0.3) is 22.2 Å². The number of amides is 1. The molecular weight excluding hydrogens is 424 g/mol. The van der Waals surface area contributed by atoms with Gasteiger partial charge in [-0.1, -0.05) is 55.1 Å². The van der Waals surface area contributed by atoms with Gasteiger partial charge >= 0.3 is 0 Å². The van der Waals surface area contributed by atoms with Gasteiger partial charge < -0.3 is 5.32 Å². The van der Waals surface area contributed by atoms with E-state index in [1.54, 1.807) is 11.3 Å². The van der Waals surface area contributed by atoms with Gasteiger partial charge in [-0.15, -0.1) is 21.5 Å². The van der Waals surface area contributed by atoms with Crippen molar-refractivity contribution in [3.05, 3.63) is 58.3 Å². The summed E-state index contributed by atoms with van der Waals surface area (Å²) in [5.74, 6) is 1.10. The van der Waals surface area contributed by atoms with Crippen molar-refractivity contribution in [1.29, 1.82) is 0 Å². The van der Waals surface area contributed by atoms with Crippen LogP contribution in [-0.2, 0) is 11.2 Å². The first-order valence-corrected chi connectivity index (χ1v) is 12.3. The maximum atomic E-state index is 12.7. The summed E-state index contributed by atoms with van der Waals surface area (Å²) < 4.78 is 2.14. The molecule has 0 atom stereocenters. The monoisotopic (exact) mass is 450 g/mol. The lowest BCUT2D eigenvalue weighted by Gasteiger charge is -2.14. The first-order valence-electron chi connectivity index (χ1n) is 10.4. The van der Waals surface area contributed by atoms with E-state index < -0.39 is 0 Å². The predicted molar refractivity (Wildman–Crippen MR) is 131 cm³/mol. The number of nitrogens with zero attached hydrogens (tertiary/aromatic N) is 3. The molecule has 0 aliphatic rings. The Bertz CT molecular complexity index is 1220. The van der Waals surface area contributed by atoms with Crippen LogP contribution in [0, 0.1) is 6.92 Å². The lowest BCUT2D eigenvalue weighted by atomic mass is 10.1. The summed E-state index contributed by atoms with van der Waals surface area (Å²) in [6, 6.07) is 14.2. The second kappa shape index (κ2) is 9.24. The molecule has 2 aromatic heterocycles. The van der Waals surface area contributed by atoms with E-state index in [0.29, 0.717) is 0 Å². The lowest BCUT2D eigenvalue weighted by molar-refractivity contribution is -0.113. The number of benzene rings is 2. The zero-order valence-electron chi connectivity index (χ0n) is 18.2. The first-order chi connectivity index (χ1) is 15.0. The molecule has 0 fully saturated rings. The largest absolute Gasteiger partial charge is 0.325 e. The Morgan fingerprint density at radius 1 is 1.16 bits per heavy atom. The number of nitrogens with one attached hydrogen (secondary N) is 1. The third kappa shape index (κ3) is 4.38. The Balaban J connectivity index is 1.53. The summed E-state index contributed by atoms with van der Waals surface area (Å²) in [5, 5.41) is 17.1. The molecule has 0 saturated carbocycles. The van der Waals surface area contributed by atoms with Crippen LogP contribution in [-0.4, -0.2) is 26.4 Å². The van der Waals surface area contributed by atoms with Gasteiger partial charge in [0.25, 0.3) is 0 Å². The fraction of sp³-hybridized carbons (Fsp3) is 0.292. The highest BCUT2D eigenvalue weighted by Gasteiger charge is 2.21. The van der Waals surface area contributed by atoms with Crippen molar-refractivity contribution >= 4 is 45.5 Å². The molecule has 160 valence electrons. The van der Waals surface area contributed by atoms with E-state index in [1.165, 1.54) is 22.2 Å². The molecule has 0 radical (unpaired) electrons. The molecule has 0 saturated heterocycles. The van der Waals surface area contributed by atoms with E-state index in [4.69, 9.17) is 0 Å². The maximum absolute atomic E-state index is 12.7. The third-order valence-corrected chi connectivity index (χ3v) is 7.17. The highest BCUT2D eigenvalue weighted by molar-refractivity contribution is 7.99. The second-order valence-electron chi connectivity index (χ2n) is 7.67. The van der Waals surface area contributed by atoms with Crippen molar-refractivity contribution in [2.75, 3.05) is 11.1 Å². The minimum Gasteiger partial charge on any atom is -0.325 e. The van der Waals surface area contributed by atoms with E-state index in [0.717, 1.165) is 39.4 Å². The van der Waals surface area contributed by atoms with Gasteiger partial charge in [0.05, 0.1) is 5.75 Å². The summed E-state index contributed by atoms with van der Waals surface area (Å²) in [6.07, 6.45) is 0.964. The van der Waals surface area contributed by atoms with E-state index in [2.05, 4.69) is 53.2 Å². The fourth-order valence-electron chi connectivity index (χ4n) is 3.78. The number of carbonyl (C=O) groups is 1. The van der Waals surface area contributed by atoms with E-state index >= 15 is 0 Å². The molecule has 2 heterocycles. The van der Waals surface area contributed by atoms with Gasteiger partial charge in [-0.25, -0.2) is 0 Å². The first kappa shape index (κ1) is 21.6. The molecular formula is C24H26N4OS2. The molecule has 4 aromatic rings. The van der Waals surface area contributed by atoms with E-state index in [-0.39, 0.29) is 17.7 Å². The lowest BCUT2D eigenvalue weighted by Crippen LogP contribution is -2.15. The summed E-state index contributed by atoms with van der Waals surface area (Å²) in [7, 11) is 0. The van der Waals surface area contributed by atoms with Gasteiger partial charge in [0.1, 0.15) is 0 Å². The number of hydrogen-bond acceptors (Lipinski definition) is 5. The van der Waals surface area contributed by atoms with Gasteiger partial charge in [-0.05, 0) is 44.2 Å². The number of aryl methyl sites for hydroxylation is 1. The average molecular weight is 451 g/mol. The van der Waals surface area contributed by atoms with Crippen LogP contribution in [0.15, 0.2) is 53.0 Å². The van der Waals surface area contributed by atoms with Crippen LogP contribution in [0.2, 0.25) is 0 Å². The third-order valence-electron chi connectivity index (χ3n) is 5.28. The van der Waals surface area contributed by atoms with Crippen molar-refractivity contribution in [3.63, 3.8) is 0 Å². The van der Waals surface area contributed by atoms with Crippen LogP contribution in [0.5, 0.6) is 0 Å². The smallest absolute Gasteiger partial charge is 0.234 e. The number of fused-ring (bicyclic) bond motifs is 1. The maximum Gasteiger partial charge on any atom is 0.234 e. The SMILES string of the molecule is CCc1c(-c2nnc(SCC(=O)Nc3cccc4ccccc34)n2C(C)C)csc1C. The highest BCUT2D eigenvalue weighted by atomic mass is 32.2. The Kier molecular flexibility index (Phi) is 6.43. The molecule has 1 amide bonds. The van der Waals surface area contributed by atoms with Crippen molar-refractivity contribution in [2.45, 2.75) is 45.3 Å². The molecule has 0 unspecified atom stereocenters. The van der Waals surface area contributed by atoms with Gasteiger partial charge in [0.15, 0.2) is 11.0 Å². The molecule has 4 rings (SSSR count). The van der Waals surface area contributed by atoms with Gasteiger partial charge in [0.2, 0.25) is 5.91 Å². The quantitative estimate of drug-likeness (QED) is 0.334. The van der Waals surface area contributed by atoms with Crippen LogP contribution in [0.3, 0.4) is 0 Å². The number of anilines is 1. The Hall–Kier alpha value is -2.64. The van der Waals surface area contributed by atoms with E-state index in [1.807, 2.05) is 42.5 Å². The molecule has 0 bridgehead atoms. The fourth-order valence-corrected chi connectivity index (χ4v) is 5.59. The number of carbonyl (C=O) groups excluding carboxylic acids is 1. The number of rotatable bonds is 7. The highest BCUT2D eigenvalue weighted by Crippen LogP contribution is 2.34. The van der Waals surface area contributed by atoms with E-state index in [9.17, 15) is 4.79 Å². The molecule has 7 heteroatoms. The van der Waals surface area contributed by atoms with Crippen molar-refractivity contribution in [3.8, 4) is 11.4 Å². The van der Waals surface area contributed by atoms with Gasteiger partial charge in [-0.3, -0.25) is 9.36 Å². The van der Waals surface area contributed by atoms with Crippen LogP contribution < -0.4 is 5.32 Å². The average Bonchev–Trinajstić information content (AvgIpc) is 3.35. The number of hydrogen-bond donors (Lipinski definition) is 1. The number of thioether (sulfide) groups is 1. The second-order valence-corrected chi connectivity index (χ2v) is 9.70. The van der Waals surface area contributed by atoms with Gasteiger partial charge in [-0.2, -0.15) is 0 Å². The predicted octanol–water partition coefficient (Wildman–Crippen LogP) is 6.34. The molecule has 5 nitrogen and oxygen atoms in total. The Labute approximate surface area is 190 Å². The summed E-state index contributed by atoms with van der Waals surface area (Å²) in [5.41, 5.74) is 3.30. The zero-order valence-corrected chi connectivity index (χ0v) is 19.8. The Morgan fingerprint density at radius 3 is 2.71 bits per heavy atom. The van der Waals surface area contributed by atoms with Crippen LogP contribution in [0.1, 0.15) is 37.3 Å². The van der Waals surface area contributed by atoms with Crippen molar-refractivity contribution in [2.24, 2.45) is 0 Å². The molecule has 31 heavy (non-hydrogen) atoms. The molecule has 1 N–H and O–H groups in total. The summed E-state index contributed by atoms with van der Waals surface area (Å²) in [6.45, 7) is 8.56. The summed E-state index contributed by atoms with van der Waals surface area (Å²) in [4.78, 5) is 14.0. The van der Waals surface area contributed by atoms with Crippen LogP contribution in [0.4, 0.5) is 5.69 Å². The Morgan fingerprint density at radius 2 is 1.94 bits per heavy atom. The van der Waals surface area contributed by atoms with Crippen molar-refractivity contribution < 1.29 is 4.79 Å². The minimum atomic E-state index is -0.0539. The zero-order chi connectivity index (χ0) is 22.0. The molecule has 2 aromatic carbocycles. The number of aromatic nitrogens is 3. The van der Waals surface area contributed by atoms with Crippen molar-refractivity contribution in [1.82, 2.24) is 14.8 Å². The molecule has 0 aliphatic carbocycles. The normalized spacial score (nSPS) is 11.4. The summed E-state index contributed by atoms with van der Waals surface area (Å²) >= 11 is 3.17. The minimum absolute atomic E-state index is 0.0539. The number of thiophene rings is 1. The molecule has 0 aliphatic heterocycles.